The summed E-state index contributed by atoms with van der Waals surface area (Å²) in [4.78, 5) is 20.0. The van der Waals surface area contributed by atoms with E-state index in [0.717, 1.165) is 40.8 Å². The third-order valence-corrected chi connectivity index (χ3v) is 4.44. The molecule has 0 atom stereocenters. The predicted molar refractivity (Wildman–Crippen MR) is 78.5 cm³/mol. The van der Waals surface area contributed by atoms with Gasteiger partial charge in [0.1, 0.15) is 10.0 Å². The minimum absolute atomic E-state index is 0.241. The number of nitrogens with one attached hydrogen (secondary N) is 1. The van der Waals surface area contributed by atoms with Crippen molar-refractivity contribution in [2.45, 2.75) is 26.2 Å². The standard InChI is InChI=1S/C14H15N3O2S/c1-8-9(14(18)19)5-6-11(16-8)13-17-10-4-2-3-7-15-12(10)20-13/h5-6,15H,2-4,7H2,1H3,(H,18,19). The number of aromatic carboxylic acids is 1. The first-order valence-corrected chi connectivity index (χ1v) is 7.41. The highest BCUT2D eigenvalue weighted by atomic mass is 32.1. The summed E-state index contributed by atoms with van der Waals surface area (Å²) < 4.78 is 0. The highest BCUT2D eigenvalue weighted by molar-refractivity contribution is 7.19. The average Bonchev–Trinajstić information content (AvgIpc) is 2.69. The van der Waals surface area contributed by atoms with E-state index in [1.807, 2.05) is 0 Å². The maximum Gasteiger partial charge on any atom is 0.337 e. The number of aromatic nitrogens is 2. The number of carboxylic acids is 1. The molecular weight excluding hydrogens is 274 g/mol. The quantitative estimate of drug-likeness (QED) is 0.889. The number of rotatable bonds is 2. The van der Waals surface area contributed by atoms with Crippen molar-refractivity contribution in [3.8, 4) is 10.7 Å². The van der Waals surface area contributed by atoms with E-state index in [0.29, 0.717) is 5.69 Å². The lowest BCUT2D eigenvalue weighted by molar-refractivity contribution is 0.0695. The first-order chi connectivity index (χ1) is 9.65. The molecule has 2 aromatic rings. The van der Waals surface area contributed by atoms with Crippen molar-refractivity contribution in [2.24, 2.45) is 0 Å². The van der Waals surface area contributed by atoms with Crippen molar-refractivity contribution in [1.29, 1.82) is 0 Å². The molecule has 6 heteroatoms. The molecule has 0 spiro atoms. The van der Waals surface area contributed by atoms with Crippen LogP contribution in [0, 0.1) is 6.92 Å². The second kappa shape index (κ2) is 5.20. The third-order valence-electron chi connectivity index (χ3n) is 3.36. The highest BCUT2D eigenvalue weighted by Crippen LogP contribution is 2.33. The van der Waals surface area contributed by atoms with Crippen LogP contribution in [0.15, 0.2) is 12.1 Å². The first-order valence-electron chi connectivity index (χ1n) is 6.60. The zero-order valence-electron chi connectivity index (χ0n) is 11.1. The molecule has 0 unspecified atom stereocenters. The number of anilines is 1. The van der Waals surface area contributed by atoms with Crippen LogP contribution in [0.5, 0.6) is 0 Å². The molecule has 0 radical (unpaired) electrons. The van der Waals surface area contributed by atoms with E-state index >= 15 is 0 Å². The molecule has 1 aliphatic rings. The van der Waals surface area contributed by atoms with Crippen LogP contribution < -0.4 is 5.32 Å². The maximum atomic E-state index is 11.0. The first kappa shape index (κ1) is 13.1. The van der Waals surface area contributed by atoms with Crippen LogP contribution in [0.1, 0.15) is 34.6 Å². The summed E-state index contributed by atoms with van der Waals surface area (Å²) in [5.74, 6) is -0.946. The fourth-order valence-corrected chi connectivity index (χ4v) is 3.30. The molecule has 0 bridgehead atoms. The third kappa shape index (κ3) is 2.38. The van der Waals surface area contributed by atoms with Crippen LogP contribution in [-0.4, -0.2) is 27.6 Å². The SMILES string of the molecule is Cc1nc(-c2nc3c(s2)NCCCC3)ccc1C(=O)O. The molecule has 0 saturated carbocycles. The molecule has 2 aromatic heterocycles. The van der Waals surface area contributed by atoms with Crippen LogP contribution >= 0.6 is 11.3 Å². The van der Waals surface area contributed by atoms with E-state index in [9.17, 15) is 4.79 Å². The molecule has 2 N–H and O–H groups in total. The zero-order valence-corrected chi connectivity index (χ0v) is 12.0. The number of carboxylic acid groups (broad SMARTS) is 1. The molecule has 5 nitrogen and oxygen atoms in total. The Morgan fingerprint density at radius 1 is 1.35 bits per heavy atom. The maximum absolute atomic E-state index is 11.0. The molecular formula is C14H15N3O2S. The molecule has 1 aliphatic heterocycles. The Morgan fingerprint density at radius 2 is 2.20 bits per heavy atom. The summed E-state index contributed by atoms with van der Waals surface area (Å²) in [5.41, 5.74) is 2.61. The van der Waals surface area contributed by atoms with Gasteiger partial charge in [0.2, 0.25) is 0 Å². The van der Waals surface area contributed by atoms with Gasteiger partial charge < -0.3 is 10.4 Å². The lowest BCUT2D eigenvalue weighted by Crippen LogP contribution is -2.02. The van der Waals surface area contributed by atoms with Gasteiger partial charge in [-0.3, -0.25) is 0 Å². The van der Waals surface area contributed by atoms with E-state index in [1.54, 1.807) is 30.4 Å². The van der Waals surface area contributed by atoms with Gasteiger partial charge in [-0.2, -0.15) is 0 Å². The molecule has 0 aromatic carbocycles. The summed E-state index contributed by atoms with van der Waals surface area (Å²) >= 11 is 1.59. The van der Waals surface area contributed by atoms with Gasteiger partial charge in [-0.25, -0.2) is 14.8 Å². The Labute approximate surface area is 120 Å². The molecule has 104 valence electrons. The van der Waals surface area contributed by atoms with Crippen LogP contribution in [0.4, 0.5) is 5.00 Å². The lowest BCUT2D eigenvalue weighted by atomic mass is 10.2. The zero-order chi connectivity index (χ0) is 14.1. The van der Waals surface area contributed by atoms with Gasteiger partial charge in [-0.1, -0.05) is 11.3 Å². The predicted octanol–water partition coefficient (Wildman–Crippen LogP) is 2.96. The Bertz CT molecular complexity index is 643. The monoisotopic (exact) mass is 289 g/mol. The van der Waals surface area contributed by atoms with Crippen LogP contribution in [0.25, 0.3) is 10.7 Å². The van der Waals surface area contributed by atoms with E-state index < -0.39 is 5.97 Å². The highest BCUT2D eigenvalue weighted by Gasteiger charge is 2.16. The Kier molecular flexibility index (Phi) is 3.40. The number of nitrogens with zero attached hydrogens (tertiary/aromatic N) is 2. The van der Waals surface area contributed by atoms with Gasteiger partial charge in [0, 0.05) is 6.54 Å². The number of thiazole rings is 1. The number of hydrogen-bond donors (Lipinski definition) is 2. The van der Waals surface area contributed by atoms with Gasteiger partial charge in [-0.05, 0) is 38.3 Å². The van der Waals surface area contributed by atoms with Crippen LogP contribution in [-0.2, 0) is 6.42 Å². The number of fused-ring (bicyclic) bond motifs is 1. The van der Waals surface area contributed by atoms with Gasteiger partial charge in [0.15, 0.2) is 0 Å². The van der Waals surface area contributed by atoms with E-state index in [2.05, 4.69) is 15.3 Å². The number of aryl methyl sites for hydroxylation is 2. The number of carbonyl (C=O) groups is 1. The Balaban J connectivity index is 1.97. The van der Waals surface area contributed by atoms with Crippen molar-refractivity contribution in [3.63, 3.8) is 0 Å². The second-order valence-electron chi connectivity index (χ2n) is 4.81. The second-order valence-corrected chi connectivity index (χ2v) is 5.81. The summed E-state index contributed by atoms with van der Waals surface area (Å²) in [6.45, 7) is 2.70. The van der Waals surface area contributed by atoms with Gasteiger partial charge in [0.05, 0.1) is 22.6 Å². The van der Waals surface area contributed by atoms with Crippen molar-refractivity contribution < 1.29 is 9.90 Å². The fraction of sp³-hybridized carbons (Fsp3) is 0.357. The molecule has 3 rings (SSSR count). The molecule has 0 amide bonds. The van der Waals surface area contributed by atoms with Gasteiger partial charge >= 0.3 is 5.97 Å². The summed E-state index contributed by atoms with van der Waals surface area (Å²) in [7, 11) is 0. The number of hydrogen-bond acceptors (Lipinski definition) is 5. The summed E-state index contributed by atoms with van der Waals surface area (Å²) in [6.07, 6.45) is 3.31. The van der Waals surface area contributed by atoms with Crippen molar-refractivity contribution in [2.75, 3.05) is 11.9 Å². The van der Waals surface area contributed by atoms with Crippen LogP contribution in [0.2, 0.25) is 0 Å². The fourth-order valence-electron chi connectivity index (χ4n) is 2.29. The summed E-state index contributed by atoms with van der Waals surface area (Å²) in [5, 5.41) is 14.4. The van der Waals surface area contributed by atoms with E-state index in [1.165, 1.54) is 6.42 Å². The average molecular weight is 289 g/mol. The van der Waals surface area contributed by atoms with Gasteiger partial charge in [0.25, 0.3) is 0 Å². The lowest BCUT2D eigenvalue weighted by Gasteiger charge is -2.02. The van der Waals surface area contributed by atoms with Crippen molar-refractivity contribution in [1.82, 2.24) is 9.97 Å². The van der Waals surface area contributed by atoms with Crippen molar-refractivity contribution >= 4 is 22.3 Å². The normalized spacial score (nSPS) is 14.2. The molecule has 0 saturated heterocycles. The minimum atomic E-state index is -0.946. The van der Waals surface area contributed by atoms with E-state index in [4.69, 9.17) is 5.11 Å². The Hall–Kier alpha value is -1.95. The molecule has 20 heavy (non-hydrogen) atoms. The molecule has 3 heterocycles. The smallest absolute Gasteiger partial charge is 0.337 e. The van der Waals surface area contributed by atoms with Crippen LogP contribution in [0.3, 0.4) is 0 Å². The largest absolute Gasteiger partial charge is 0.478 e. The topological polar surface area (TPSA) is 75.1 Å². The minimum Gasteiger partial charge on any atom is -0.478 e. The number of pyridine rings is 1. The Morgan fingerprint density at radius 3 is 2.95 bits per heavy atom. The molecule has 0 fully saturated rings. The molecule has 0 aliphatic carbocycles. The van der Waals surface area contributed by atoms with Crippen molar-refractivity contribution in [3.05, 3.63) is 29.1 Å². The summed E-state index contributed by atoms with van der Waals surface area (Å²) in [6, 6.07) is 3.33. The van der Waals surface area contributed by atoms with E-state index in [-0.39, 0.29) is 5.56 Å². The van der Waals surface area contributed by atoms with Gasteiger partial charge in [-0.15, -0.1) is 0 Å².